The molecule has 2 amide bonds. The van der Waals surface area contributed by atoms with Gasteiger partial charge < -0.3 is 0 Å². The molecule has 0 bridgehead atoms. The first-order valence-corrected chi connectivity index (χ1v) is 4.43. The van der Waals surface area contributed by atoms with Crippen LogP contribution >= 0.6 is 15.9 Å². The van der Waals surface area contributed by atoms with E-state index in [2.05, 4.69) is 26.7 Å². The lowest BCUT2D eigenvalue weighted by Crippen LogP contribution is -2.32. The van der Waals surface area contributed by atoms with Gasteiger partial charge >= 0.3 is 5.91 Å². The smallest absolute Gasteiger partial charge is 0.274 e. The van der Waals surface area contributed by atoms with E-state index in [9.17, 15) is 9.59 Å². The molecule has 0 spiro atoms. The maximum Gasteiger partial charge on any atom is 0.305 e. The van der Waals surface area contributed by atoms with Crippen LogP contribution in [0.4, 0.5) is 0 Å². The van der Waals surface area contributed by atoms with Crippen molar-refractivity contribution in [2.75, 3.05) is 6.54 Å². The van der Waals surface area contributed by atoms with Crippen molar-refractivity contribution in [2.45, 2.75) is 13.3 Å². The Labute approximate surface area is 79.2 Å². The van der Waals surface area contributed by atoms with Crippen LogP contribution in [0.25, 0.3) is 0 Å². The molecule has 0 aromatic carbocycles. The van der Waals surface area contributed by atoms with Gasteiger partial charge in [0.05, 0.1) is 0 Å². The lowest BCUT2D eigenvalue weighted by atomic mass is 10.1. The summed E-state index contributed by atoms with van der Waals surface area (Å²) in [6, 6.07) is 0. The molecule has 3 nitrogen and oxygen atoms in total. The minimum atomic E-state index is -0.416. The number of rotatable bonds is 0. The number of imide groups is 1. The van der Waals surface area contributed by atoms with Crippen LogP contribution < -0.4 is 0 Å². The molecule has 0 aromatic heterocycles. The summed E-state index contributed by atoms with van der Waals surface area (Å²) < 4.78 is 0. The predicted octanol–water partition coefficient (Wildman–Crippen LogP) is 0.737. The third-order valence-corrected chi connectivity index (χ3v) is 2.07. The van der Waals surface area contributed by atoms with Gasteiger partial charge in [0.25, 0.3) is 0 Å². The highest BCUT2D eigenvalue weighted by Crippen LogP contribution is 2.16. The van der Waals surface area contributed by atoms with Crippen molar-refractivity contribution in [2.24, 2.45) is 5.92 Å². The number of carbonyl (C=O) groups is 2. The Morgan fingerprint density at radius 1 is 1.75 bits per heavy atom. The molecule has 0 aromatic rings. The fraction of sp³-hybridized carbons (Fsp3) is 0.500. The Hall–Kier alpha value is -0.820. The first-order valence-electron chi connectivity index (χ1n) is 3.63. The topological polar surface area (TPSA) is 37.4 Å². The van der Waals surface area contributed by atoms with E-state index in [1.54, 1.807) is 0 Å². The molecule has 1 unspecified atom stereocenters. The van der Waals surface area contributed by atoms with Gasteiger partial charge in [-0.05, 0) is 11.3 Å². The van der Waals surface area contributed by atoms with E-state index in [1.807, 2.05) is 6.92 Å². The van der Waals surface area contributed by atoms with Crippen LogP contribution in [0.1, 0.15) is 13.3 Å². The van der Waals surface area contributed by atoms with Crippen LogP contribution in [-0.4, -0.2) is 23.3 Å². The monoisotopic (exact) mass is 229 g/mol. The Kier molecular flexibility index (Phi) is 2.88. The summed E-state index contributed by atoms with van der Waals surface area (Å²) in [4.78, 5) is 25.8. The van der Waals surface area contributed by atoms with Crippen LogP contribution in [-0.2, 0) is 9.59 Å². The zero-order valence-corrected chi connectivity index (χ0v) is 8.22. The largest absolute Gasteiger partial charge is 0.305 e. The number of carbonyl (C=O) groups excluding carboxylic acids is 2. The normalized spacial score (nSPS) is 22.0. The number of likely N-dealkylation sites (tertiary alicyclic amines) is 1. The van der Waals surface area contributed by atoms with E-state index >= 15 is 0 Å². The average molecular weight is 230 g/mol. The van der Waals surface area contributed by atoms with Crippen molar-refractivity contribution in [1.82, 2.24) is 4.90 Å². The molecule has 64 valence electrons. The van der Waals surface area contributed by atoms with Crippen molar-refractivity contribution in [3.63, 3.8) is 0 Å². The van der Waals surface area contributed by atoms with Gasteiger partial charge in [0, 0.05) is 34.3 Å². The van der Waals surface area contributed by atoms with Crippen molar-refractivity contribution in [1.29, 1.82) is 0 Å². The molecule has 1 aliphatic heterocycles. The summed E-state index contributed by atoms with van der Waals surface area (Å²) in [6.45, 7) is 2.32. The molecule has 12 heavy (non-hydrogen) atoms. The Morgan fingerprint density at radius 3 is 2.83 bits per heavy atom. The number of hydrogen-bond acceptors (Lipinski definition) is 2. The number of halogens is 1. The van der Waals surface area contributed by atoms with E-state index in [4.69, 9.17) is 0 Å². The van der Waals surface area contributed by atoms with Crippen LogP contribution in [0.5, 0.6) is 0 Å². The molecule has 0 saturated carbocycles. The second-order valence-electron chi connectivity index (χ2n) is 2.70. The van der Waals surface area contributed by atoms with Crippen molar-refractivity contribution < 1.29 is 9.59 Å². The molecule has 0 radical (unpaired) electrons. The van der Waals surface area contributed by atoms with Crippen LogP contribution in [0.3, 0.4) is 0 Å². The Balaban J connectivity index is 2.70. The quantitative estimate of drug-likeness (QED) is 0.575. The van der Waals surface area contributed by atoms with E-state index in [1.165, 1.54) is 4.90 Å². The number of nitrogens with zero attached hydrogens (tertiary/aromatic N) is 1. The van der Waals surface area contributed by atoms with Gasteiger partial charge in [-0.2, -0.15) is 0 Å². The molecular formula is C8H8BrNO2. The molecule has 0 aliphatic carbocycles. The first-order chi connectivity index (χ1) is 5.66. The van der Waals surface area contributed by atoms with Gasteiger partial charge in [0.15, 0.2) is 0 Å². The number of amides is 2. The lowest BCUT2D eigenvalue weighted by Gasteiger charge is -2.08. The van der Waals surface area contributed by atoms with Gasteiger partial charge in [-0.25, -0.2) is 0 Å². The molecule has 1 atom stereocenters. The summed E-state index contributed by atoms with van der Waals surface area (Å²) in [5, 5.41) is 0. The fourth-order valence-electron chi connectivity index (χ4n) is 1.13. The zero-order chi connectivity index (χ0) is 9.14. The zero-order valence-electron chi connectivity index (χ0n) is 6.63. The lowest BCUT2D eigenvalue weighted by molar-refractivity contribution is -0.139. The third kappa shape index (κ3) is 1.67. The molecule has 0 N–H and O–H groups in total. The summed E-state index contributed by atoms with van der Waals surface area (Å²) >= 11 is 2.81. The van der Waals surface area contributed by atoms with Crippen molar-refractivity contribution in [3.8, 4) is 10.8 Å². The van der Waals surface area contributed by atoms with E-state index in [0.717, 1.165) is 6.42 Å². The van der Waals surface area contributed by atoms with E-state index in [-0.39, 0.29) is 11.8 Å². The Morgan fingerprint density at radius 2 is 2.42 bits per heavy atom. The van der Waals surface area contributed by atoms with Gasteiger partial charge in [0.2, 0.25) is 5.91 Å². The molecule has 1 rings (SSSR count). The Bertz CT molecular complexity index is 277. The SMILES string of the molecule is CC1CCN(C(=O)C#CBr)C1=O. The first kappa shape index (κ1) is 9.27. The van der Waals surface area contributed by atoms with Gasteiger partial charge in [-0.1, -0.05) is 6.92 Å². The second kappa shape index (κ2) is 3.72. The van der Waals surface area contributed by atoms with Crippen LogP contribution in [0, 0.1) is 16.7 Å². The highest BCUT2D eigenvalue weighted by Gasteiger charge is 2.31. The molecule has 1 fully saturated rings. The van der Waals surface area contributed by atoms with Gasteiger partial charge in [-0.15, -0.1) is 0 Å². The molecule has 1 heterocycles. The molecular weight excluding hydrogens is 222 g/mol. The summed E-state index contributed by atoms with van der Waals surface area (Å²) in [6.07, 6.45) is 0.745. The second-order valence-corrected chi connectivity index (χ2v) is 3.10. The molecule has 4 heteroatoms. The maximum atomic E-state index is 11.2. The van der Waals surface area contributed by atoms with E-state index < -0.39 is 5.91 Å². The summed E-state index contributed by atoms with van der Waals surface area (Å²) in [7, 11) is 0. The van der Waals surface area contributed by atoms with E-state index in [0.29, 0.717) is 6.54 Å². The fourth-order valence-corrected chi connectivity index (χ4v) is 1.30. The van der Waals surface area contributed by atoms with Gasteiger partial charge in [-0.3, -0.25) is 14.5 Å². The maximum absolute atomic E-state index is 11.2. The highest BCUT2D eigenvalue weighted by atomic mass is 79.9. The minimum Gasteiger partial charge on any atom is -0.274 e. The predicted molar refractivity (Wildman–Crippen MR) is 47.2 cm³/mol. The third-order valence-electron chi connectivity index (χ3n) is 1.87. The minimum absolute atomic E-state index is 0.0360. The van der Waals surface area contributed by atoms with Crippen LogP contribution in [0.15, 0.2) is 0 Å². The number of hydrogen-bond donors (Lipinski definition) is 0. The summed E-state index contributed by atoms with van der Waals surface area (Å²) in [5.41, 5.74) is 0. The molecule has 1 saturated heterocycles. The van der Waals surface area contributed by atoms with Crippen LogP contribution in [0.2, 0.25) is 0 Å². The standard InChI is InChI=1S/C8H8BrNO2/c1-6-3-5-10(8(6)12)7(11)2-4-9/h6H,3,5H2,1H3. The molecule has 1 aliphatic rings. The van der Waals surface area contributed by atoms with Gasteiger partial charge in [0.1, 0.15) is 0 Å². The van der Waals surface area contributed by atoms with Crippen molar-refractivity contribution in [3.05, 3.63) is 0 Å². The highest BCUT2D eigenvalue weighted by molar-refractivity contribution is 9.12. The summed E-state index contributed by atoms with van der Waals surface area (Å²) in [5.74, 6) is 1.70. The van der Waals surface area contributed by atoms with Crippen molar-refractivity contribution >= 4 is 27.7 Å². The average Bonchev–Trinajstić information content (AvgIpc) is 2.34.